The van der Waals surface area contributed by atoms with Crippen LogP contribution in [0.2, 0.25) is 0 Å². The third-order valence-corrected chi connectivity index (χ3v) is 3.36. The van der Waals surface area contributed by atoms with Gasteiger partial charge in [-0.2, -0.15) is 0 Å². The van der Waals surface area contributed by atoms with Gasteiger partial charge in [-0.1, -0.05) is 53.7 Å². The van der Waals surface area contributed by atoms with Gasteiger partial charge in [0, 0.05) is 6.54 Å². The first-order valence-corrected chi connectivity index (χ1v) is 7.21. The van der Waals surface area contributed by atoms with E-state index in [9.17, 15) is 5.11 Å². The number of hydrogen-bond acceptors (Lipinski definition) is 3. The minimum atomic E-state index is -0.620. The van der Waals surface area contributed by atoms with Crippen molar-refractivity contribution in [1.82, 2.24) is 0 Å². The summed E-state index contributed by atoms with van der Waals surface area (Å²) in [6.45, 7) is 13.6. The fourth-order valence-electron chi connectivity index (χ4n) is 1.96. The predicted molar refractivity (Wildman–Crippen MR) is 84.4 cm³/mol. The Kier molecular flexibility index (Phi) is 5.22. The van der Waals surface area contributed by atoms with Crippen molar-refractivity contribution in [2.24, 2.45) is 5.73 Å². The molecule has 114 valence electrons. The zero-order chi connectivity index (χ0) is 15.6. The third kappa shape index (κ3) is 4.50. The van der Waals surface area contributed by atoms with Gasteiger partial charge in [0.15, 0.2) is 0 Å². The number of hydrogen-bond donors (Lipinski definition) is 2. The first-order valence-electron chi connectivity index (χ1n) is 7.21. The molecule has 3 heteroatoms. The maximum Gasteiger partial charge on any atom is 0.123 e. The molecule has 0 aromatic heterocycles. The molecule has 1 rings (SSSR count). The lowest BCUT2D eigenvalue weighted by Gasteiger charge is -2.27. The standard InChI is InChI=1S/C17H29NO2/c1-16(2,3)12-7-8-15(20-11-13(19)10-18)14(9-12)17(4,5)6/h7-9,13,19H,10-11,18H2,1-6H3/t13-/m0/s1. The molecule has 3 N–H and O–H groups in total. The molecule has 0 bridgehead atoms. The van der Waals surface area contributed by atoms with Crippen molar-refractivity contribution in [2.75, 3.05) is 13.2 Å². The summed E-state index contributed by atoms with van der Waals surface area (Å²) in [7, 11) is 0. The van der Waals surface area contributed by atoms with Gasteiger partial charge in [-0.3, -0.25) is 0 Å². The van der Waals surface area contributed by atoms with Crippen molar-refractivity contribution in [3.63, 3.8) is 0 Å². The van der Waals surface area contributed by atoms with Gasteiger partial charge < -0.3 is 15.6 Å². The zero-order valence-electron chi connectivity index (χ0n) is 13.7. The summed E-state index contributed by atoms with van der Waals surface area (Å²) in [5.74, 6) is 0.831. The molecule has 0 amide bonds. The van der Waals surface area contributed by atoms with Crippen molar-refractivity contribution >= 4 is 0 Å². The number of benzene rings is 1. The van der Waals surface area contributed by atoms with Gasteiger partial charge in [-0.15, -0.1) is 0 Å². The summed E-state index contributed by atoms with van der Waals surface area (Å²) in [6, 6.07) is 6.31. The van der Waals surface area contributed by atoms with E-state index in [0.717, 1.165) is 11.3 Å². The lowest BCUT2D eigenvalue weighted by molar-refractivity contribution is 0.113. The summed E-state index contributed by atoms with van der Waals surface area (Å²) in [5, 5.41) is 9.55. The number of aliphatic hydroxyl groups excluding tert-OH is 1. The normalized spacial score (nSPS) is 14.2. The van der Waals surface area contributed by atoms with Crippen LogP contribution in [0.3, 0.4) is 0 Å². The Bertz CT molecular complexity index is 441. The highest BCUT2D eigenvalue weighted by Crippen LogP contribution is 2.35. The number of ether oxygens (including phenoxy) is 1. The minimum Gasteiger partial charge on any atom is -0.491 e. The van der Waals surface area contributed by atoms with Crippen molar-refractivity contribution in [2.45, 2.75) is 58.5 Å². The summed E-state index contributed by atoms with van der Waals surface area (Å²) < 4.78 is 5.75. The SMILES string of the molecule is CC(C)(C)c1ccc(OC[C@@H](O)CN)c(C(C)(C)C)c1. The van der Waals surface area contributed by atoms with Crippen LogP contribution in [0.4, 0.5) is 0 Å². The average molecular weight is 279 g/mol. The van der Waals surface area contributed by atoms with Crippen molar-refractivity contribution < 1.29 is 9.84 Å². The molecule has 1 aromatic rings. The molecule has 0 aliphatic carbocycles. The fraction of sp³-hybridized carbons (Fsp3) is 0.647. The summed E-state index contributed by atoms with van der Waals surface area (Å²) in [5.41, 5.74) is 7.96. The van der Waals surface area contributed by atoms with Gasteiger partial charge in [0.2, 0.25) is 0 Å². The van der Waals surface area contributed by atoms with E-state index in [2.05, 4.69) is 53.7 Å². The Morgan fingerprint density at radius 3 is 2.15 bits per heavy atom. The highest BCUT2D eigenvalue weighted by atomic mass is 16.5. The lowest BCUT2D eigenvalue weighted by Crippen LogP contribution is -2.27. The second-order valence-corrected chi connectivity index (χ2v) is 7.41. The van der Waals surface area contributed by atoms with Crippen molar-refractivity contribution in [3.05, 3.63) is 29.3 Å². The molecule has 0 aliphatic heterocycles. The molecule has 1 aromatic carbocycles. The summed E-state index contributed by atoms with van der Waals surface area (Å²) >= 11 is 0. The van der Waals surface area contributed by atoms with Gasteiger partial charge in [0.25, 0.3) is 0 Å². The highest BCUT2D eigenvalue weighted by molar-refractivity contribution is 5.43. The molecule has 0 heterocycles. The number of nitrogens with two attached hydrogens (primary N) is 1. The van der Waals surface area contributed by atoms with Gasteiger partial charge in [0.1, 0.15) is 18.5 Å². The maximum atomic E-state index is 9.55. The molecule has 0 saturated carbocycles. The highest BCUT2D eigenvalue weighted by Gasteiger charge is 2.23. The van der Waals surface area contributed by atoms with Crippen LogP contribution in [0, 0.1) is 0 Å². The Hall–Kier alpha value is -1.06. The minimum absolute atomic E-state index is 0.00966. The first kappa shape index (κ1) is 17.0. The van der Waals surface area contributed by atoms with Gasteiger partial charge in [0.05, 0.1) is 0 Å². The van der Waals surface area contributed by atoms with Crippen LogP contribution in [-0.2, 0) is 10.8 Å². The first-order chi connectivity index (χ1) is 9.05. The largest absolute Gasteiger partial charge is 0.491 e. The van der Waals surface area contributed by atoms with Crippen LogP contribution in [0.25, 0.3) is 0 Å². The van der Waals surface area contributed by atoms with Crippen LogP contribution in [-0.4, -0.2) is 24.4 Å². The van der Waals surface area contributed by atoms with Crippen LogP contribution in [0.15, 0.2) is 18.2 Å². The van der Waals surface area contributed by atoms with E-state index in [1.165, 1.54) is 5.56 Å². The van der Waals surface area contributed by atoms with Crippen LogP contribution < -0.4 is 10.5 Å². The molecule has 0 fully saturated rings. The van der Waals surface area contributed by atoms with E-state index in [4.69, 9.17) is 10.5 Å². The summed E-state index contributed by atoms with van der Waals surface area (Å²) in [4.78, 5) is 0. The molecule has 0 radical (unpaired) electrons. The maximum absolute atomic E-state index is 9.55. The third-order valence-electron chi connectivity index (χ3n) is 3.36. The van der Waals surface area contributed by atoms with Crippen molar-refractivity contribution in [1.29, 1.82) is 0 Å². The number of aliphatic hydroxyl groups is 1. The quantitative estimate of drug-likeness (QED) is 0.891. The average Bonchev–Trinajstić information content (AvgIpc) is 2.33. The predicted octanol–water partition coefficient (Wildman–Crippen LogP) is 2.98. The monoisotopic (exact) mass is 279 g/mol. The molecular formula is C17H29NO2. The van der Waals surface area contributed by atoms with Crippen molar-refractivity contribution in [3.8, 4) is 5.75 Å². The van der Waals surface area contributed by atoms with E-state index < -0.39 is 6.10 Å². The molecule has 20 heavy (non-hydrogen) atoms. The van der Waals surface area contributed by atoms with Crippen LogP contribution in [0.1, 0.15) is 52.7 Å². The van der Waals surface area contributed by atoms with E-state index in [1.54, 1.807) is 0 Å². The van der Waals surface area contributed by atoms with E-state index >= 15 is 0 Å². The van der Waals surface area contributed by atoms with Gasteiger partial charge >= 0.3 is 0 Å². The Morgan fingerprint density at radius 2 is 1.70 bits per heavy atom. The molecule has 0 spiro atoms. The van der Waals surface area contributed by atoms with Crippen LogP contribution >= 0.6 is 0 Å². The molecule has 0 unspecified atom stereocenters. The fourth-order valence-corrected chi connectivity index (χ4v) is 1.96. The van der Waals surface area contributed by atoms with E-state index in [-0.39, 0.29) is 24.0 Å². The lowest BCUT2D eigenvalue weighted by atomic mass is 9.80. The Morgan fingerprint density at radius 1 is 1.10 bits per heavy atom. The smallest absolute Gasteiger partial charge is 0.123 e. The number of rotatable bonds is 4. The van der Waals surface area contributed by atoms with E-state index in [1.807, 2.05) is 6.07 Å². The van der Waals surface area contributed by atoms with Gasteiger partial charge in [-0.25, -0.2) is 0 Å². The Balaban J connectivity index is 3.12. The second-order valence-electron chi connectivity index (χ2n) is 7.41. The molecule has 0 saturated heterocycles. The van der Waals surface area contributed by atoms with Crippen LogP contribution in [0.5, 0.6) is 5.75 Å². The molecular weight excluding hydrogens is 250 g/mol. The van der Waals surface area contributed by atoms with Gasteiger partial charge in [-0.05, 0) is 28.0 Å². The summed E-state index contributed by atoms with van der Waals surface area (Å²) in [6.07, 6.45) is -0.620. The topological polar surface area (TPSA) is 55.5 Å². The molecule has 1 atom stereocenters. The zero-order valence-corrected chi connectivity index (χ0v) is 13.7. The van der Waals surface area contributed by atoms with E-state index in [0.29, 0.717) is 0 Å². The second kappa shape index (κ2) is 6.15. The molecule has 0 aliphatic rings. The Labute approximate surface area is 123 Å². The molecule has 3 nitrogen and oxygen atoms in total.